The third kappa shape index (κ3) is 4.07. The number of carbonyl (C=O) groups excluding carboxylic acids is 1. The van der Waals surface area contributed by atoms with E-state index in [4.69, 9.17) is 0 Å². The summed E-state index contributed by atoms with van der Waals surface area (Å²) < 4.78 is 0. The largest absolute Gasteiger partial charge is 0.355 e. The van der Waals surface area contributed by atoms with Crippen LogP contribution in [0.3, 0.4) is 0 Å². The van der Waals surface area contributed by atoms with Crippen LogP contribution in [0.25, 0.3) is 0 Å². The molecular weight excluding hydrogens is 308 g/mol. The Morgan fingerprint density at radius 1 is 1.30 bits per heavy atom. The van der Waals surface area contributed by atoms with Crippen LogP contribution in [-0.2, 0) is 10.2 Å². The molecule has 2 N–H and O–H groups in total. The average molecular weight is 337 g/mol. The van der Waals surface area contributed by atoms with E-state index in [9.17, 15) is 4.79 Å². The molecule has 2 aliphatic rings. The molecule has 2 fully saturated rings. The van der Waals surface area contributed by atoms with Crippen molar-refractivity contribution < 1.29 is 4.79 Å². The van der Waals surface area contributed by atoms with Gasteiger partial charge in [0.05, 0.1) is 5.41 Å². The fraction of sp³-hybridized carbons (Fsp3) is 0.632. The Hall–Kier alpha value is -1.06. The first-order chi connectivity index (χ1) is 10.7. The van der Waals surface area contributed by atoms with E-state index in [-0.39, 0.29) is 23.7 Å². The van der Waals surface area contributed by atoms with Crippen molar-refractivity contribution in [3.63, 3.8) is 0 Å². The molecule has 0 bridgehead atoms. The molecule has 0 radical (unpaired) electrons. The minimum atomic E-state index is -0.284. The summed E-state index contributed by atoms with van der Waals surface area (Å²) in [5, 5.41) is 6.70. The molecule has 1 unspecified atom stereocenters. The number of aryl methyl sites for hydroxylation is 1. The highest BCUT2D eigenvalue weighted by molar-refractivity contribution is 5.88. The van der Waals surface area contributed by atoms with Gasteiger partial charge in [-0.1, -0.05) is 42.7 Å². The third-order valence-corrected chi connectivity index (χ3v) is 5.41. The van der Waals surface area contributed by atoms with Crippen molar-refractivity contribution in [1.29, 1.82) is 0 Å². The monoisotopic (exact) mass is 336 g/mol. The number of rotatable bonds is 4. The molecule has 1 saturated carbocycles. The van der Waals surface area contributed by atoms with Crippen molar-refractivity contribution in [2.45, 2.75) is 50.9 Å². The molecule has 0 spiro atoms. The predicted octanol–water partition coefficient (Wildman–Crippen LogP) is 3.34. The molecule has 1 heterocycles. The first-order valence-electron chi connectivity index (χ1n) is 8.77. The van der Waals surface area contributed by atoms with Crippen molar-refractivity contribution in [1.82, 2.24) is 10.6 Å². The van der Waals surface area contributed by atoms with E-state index in [2.05, 4.69) is 41.8 Å². The topological polar surface area (TPSA) is 41.1 Å². The highest BCUT2D eigenvalue weighted by atomic mass is 35.5. The van der Waals surface area contributed by atoms with Gasteiger partial charge in [-0.3, -0.25) is 4.79 Å². The Morgan fingerprint density at radius 3 is 2.74 bits per heavy atom. The van der Waals surface area contributed by atoms with Crippen LogP contribution in [0.4, 0.5) is 0 Å². The fourth-order valence-electron chi connectivity index (χ4n) is 4.07. The Kier molecular flexibility index (Phi) is 6.49. The van der Waals surface area contributed by atoms with Gasteiger partial charge in [-0.05, 0) is 57.2 Å². The third-order valence-electron chi connectivity index (χ3n) is 5.41. The van der Waals surface area contributed by atoms with Crippen LogP contribution in [0, 0.1) is 12.8 Å². The van der Waals surface area contributed by atoms with Gasteiger partial charge in [0, 0.05) is 6.54 Å². The van der Waals surface area contributed by atoms with Crippen LogP contribution in [0.1, 0.15) is 49.7 Å². The minimum Gasteiger partial charge on any atom is -0.355 e. The van der Waals surface area contributed by atoms with E-state index in [1.807, 2.05) is 0 Å². The molecule has 1 aromatic rings. The minimum absolute atomic E-state index is 0. The number of hydrogen-bond acceptors (Lipinski definition) is 2. The molecule has 3 rings (SSSR count). The maximum atomic E-state index is 13.0. The number of benzene rings is 1. The predicted molar refractivity (Wildman–Crippen MR) is 97.2 cm³/mol. The lowest BCUT2D eigenvalue weighted by atomic mass is 9.77. The smallest absolute Gasteiger partial charge is 0.230 e. The standard InChI is InChI=1S/C19H28N2O.ClH/c1-15-6-4-8-17(12-15)19(9-2-3-10-19)18(22)21-14-16-7-5-11-20-13-16;/h4,6,8,12,16,20H,2-3,5,7,9-11,13-14H2,1H3,(H,21,22);1H. The van der Waals surface area contributed by atoms with Gasteiger partial charge in [0.25, 0.3) is 0 Å². The second-order valence-electron chi connectivity index (χ2n) is 7.08. The van der Waals surface area contributed by atoms with Crippen molar-refractivity contribution >= 4 is 18.3 Å². The summed E-state index contributed by atoms with van der Waals surface area (Å²) in [6.45, 7) is 5.09. The lowest BCUT2D eigenvalue weighted by Gasteiger charge is -2.30. The van der Waals surface area contributed by atoms with Crippen molar-refractivity contribution in [3.8, 4) is 0 Å². The van der Waals surface area contributed by atoms with Gasteiger partial charge in [0.2, 0.25) is 5.91 Å². The zero-order chi connectivity index (χ0) is 15.4. The number of amides is 1. The number of halogens is 1. The summed E-state index contributed by atoms with van der Waals surface area (Å²) in [5.41, 5.74) is 2.17. The van der Waals surface area contributed by atoms with Crippen LogP contribution in [0.5, 0.6) is 0 Å². The molecule has 1 saturated heterocycles. The van der Waals surface area contributed by atoms with Crippen molar-refractivity contribution in [2.24, 2.45) is 5.92 Å². The molecular formula is C19H29ClN2O. The van der Waals surface area contributed by atoms with Gasteiger partial charge in [-0.15, -0.1) is 12.4 Å². The molecule has 1 aliphatic heterocycles. The van der Waals surface area contributed by atoms with E-state index in [0.29, 0.717) is 5.92 Å². The van der Waals surface area contributed by atoms with Crippen LogP contribution < -0.4 is 10.6 Å². The Balaban J connectivity index is 0.00000192. The zero-order valence-corrected chi connectivity index (χ0v) is 14.9. The number of hydrogen-bond donors (Lipinski definition) is 2. The first kappa shape index (κ1) is 18.3. The van der Waals surface area contributed by atoms with Gasteiger partial charge in [0.1, 0.15) is 0 Å². The maximum Gasteiger partial charge on any atom is 0.230 e. The number of nitrogens with one attached hydrogen (secondary N) is 2. The summed E-state index contributed by atoms with van der Waals surface area (Å²) in [6, 6.07) is 8.54. The Labute approximate surface area is 146 Å². The SMILES string of the molecule is Cc1cccc(C2(C(=O)NCC3CCCNC3)CCCC2)c1.Cl. The highest BCUT2D eigenvalue weighted by Gasteiger charge is 2.42. The Morgan fingerprint density at radius 2 is 2.09 bits per heavy atom. The Bertz CT molecular complexity index is 520. The van der Waals surface area contributed by atoms with Gasteiger partial charge in [0.15, 0.2) is 0 Å². The van der Waals surface area contributed by atoms with Gasteiger partial charge in [-0.2, -0.15) is 0 Å². The summed E-state index contributed by atoms with van der Waals surface area (Å²) in [7, 11) is 0. The molecule has 1 aliphatic carbocycles. The molecule has 1 aromatic carbocycles. The van der Waals surface area contributed by atoms with E-state index >= 15 is 0 Å². The fourth-order valence-corrected chi connectivity index (χ4v) is 4.07. The van der Waals surface area contributed by atoms with Crippen LogP contribution in [-0.4, -0.2) is 25.5 Å². The normalized spacial score (nSPS) is 23.1. The first-order valence-corrected chi connectivity index (χ1v) is 8.77. The second-order valence-corrected chi connectivity index (χ2v) is 7.08. The van der Waals surface area contributed by atoms with Crippen LogP contribution in [0.15, 0.2) is 24.3 Å². The van der Waals surface area contributed by atoms with Crippen LogP contribution >= 0.6 is 12.4 Å². The van der Waals surface area contributed by atoms with Gasteiger partial charge < -0.3 is 10.6 Å². The number of carbonyl (C=O) groups is 1. The van der Waals surface area contributed by atoms with E-state index in [0.717, 1.165) is 45.3 Å². The van der Waals surface area contributed by atoms with Gasteiger partial charge in [-0.25, -0.2) is 0 Å². The summed E-state index contributed by atoms with van der Waals surface area (Å²) in [6.07, 6.45) is 6.75. The highest BCUT2D eigenvalue weighted by Crippen LogP contribution is 2.41. The van der Waals surface area contributed by atoms with Crippen LogP contribution in [0.2, 0.25) is 0 Å². The quantitative estimate of drug-likeness (QED) is 0.885. The lowest BCUT2D eigenvalue weighted by Crippen LogP contribution is -2.46. The van der Waals surface area contributed by atoms with Crippen molar-refractivity contribution in [3.05, 3.63) is 35.4 Å². The number of piperidine rings is 1. The summed E-state index contributed by atoms with van der Waals surface area (Å²) in [5.74, 6) is 0.842. The molecule has 3 nitrogen and oxygen atoms in total. The molecule has 1 amide bonds. The van der Waals surface area contributed by atoms with Crippen molar-refractivity contribution in [2.75, 3.05) is 19.6 Å². The average Bonchev–Trinajstić information content (AvgIpc) is 3.05. The van der Waals surface area contributed by atoms with E-state index in [1.54, 1.807) is 0 Å². The molecule has 23 heavy (non-hydrogen) atoms. The second kappa shape index (κ2) is 8.16. The van der Waals surface area contributed by atoms with E-state index < -0.39 is 0 Å². The zero-order valence-electron chi connectivity index (χ0n) is 14.1. The van der Waals surface area contributed by atoms with Gasteiger partial charge >= 0.3 is 0 Å². The summed E-state index contributed by atoms with van der Waals surface area (Å²) in [4.78, 5) is 13.0. The molecule has 128 valence electrons. The summed E-state index contributed by atoms with van der Waals surface area (Å²) >= 11 is 0. The molecule has 1 atom stereocenters. The lowest BCUT2D eigenvalue weighted by molar-refractivity contribution is -0.126. The molecule has 0 aromatic heterocycles. The van der Waals surface area contributed by atoms with E-state index in [1.165, 1.54) is 24.0 Å². The maximum absolute atomic E-state index is 13.0. The molecule has 4 heteroatoms.